The van der Waals surface area contributed by atoms with Crippen LogP contribution in [0.2, 0.25) is 0 Å². The van der Waals surface area contributed by atoms with Gasteiger partial charge in [0.1, 0.15) is 5.78 Å². The van der Waals surface area contributed by atoms with Gasteiger partial charge in [-0.05, 0) is 90.3 Å². The molecular formula is C29H50O2. The smallest absolute Gasteiger partial charge is 0.136 e. The van der Waals surface area contributed by atoms with E-state index in [1.165, 1.54) is 44.9 Å². The van der Waals surface area contributed by atoms with Gasteiger partial charge in [-0.2, -0.15) is 0 Å². The van der Waals surface area contributed by atoms with E-state index in [2.05, 4.69) is 48.5 Å². The van der Waals surface area contributed by atoms with Crippen LogP contribution in [0, 0.1) is 57.7 Å². The van der Waals surface area contributed by atoms with Gasteiger partial charge in [-0.1, -0.05) is 67.7 Å². The summed E-state index contributed by atoms with van der Waals surface area (Å²) in [5.41, 5.74) is 0.447. The van der Waals surface area contributed by atoms with Gasteiger partial charge >= 0.3 is 0 Å². The minimum atomic E-state index is -0.258. The zero-order valence-electron chi connectivity index (χ0n) is 21.5. The monoisotopic (exact) mass is 430 g/mol. The molecule has 0 spiro atoms. The molecule has 4 rings (SSSR count). The van der Waals surface area contributed by atoms with Gasteiger partial charge in [0, 0.05) is 12.3 Å². The number of hydrogen-bond donors (Lipinski definition) is 1. The lowest BCUT2D eigenvalue weighted by Crippen LogP contribution is -2.61. The maximum absolute atomic E-state index is 13.7. The summed E-state index contributed by atoms with van der Waals surface area (Å²) in [7, 11) is 0. The lowest BCUT2D eigenvalue weighted by Gasteiger charge is -2.64. The third-order valence-corrected chi connectivity index (χ3v) is 11.6. The molecule has 9 atom stereocenters. The highest BCUT2D eigenvalue weighted by Crippen LogP contribution is 2.69. The first-order valence-electron chi connectivity index (χ1n) is 13.6. The van der Waals surface area contributed by atoms with Crippen molar-refractivity contribution >= 4 is 5.78 Å². The SMILES string of the molecule is CC(C)CCC[C@@H](C)[C@H]1CC[C@H]2[C@@H]3C(=O)C[C@H]4C(C)(C)[C@@H](O)CC[C@]4(C)[C@H]3CC[C@]12C. The minimum absolute atomic E-state index is 0.141. The molecule has 0 radical (unpaired) electrons. The van der Waals surface area contributed by atoms with Crippen LogP contribution in [0.5, 0.6) is 0 Å². The van der Waals surface area contributed by atoms with Gasteiger partial charge in [-0.25, -0.2) is 0 Å². The summed E-state index contributed by atoms with van der Waals surface area (Å²) in [5.74, 6) is 4.72. The molecule has 0 aromatic heterocycles. The van der Waals surface area contributed by atoms with E-state index in [1.54, 1.807) is 0 Å². The molecule has 4 saturated carbocycles. The number of fused-ring (bicyclic) bond motifs is 5. The fourth-order valence-corrected chi connectivity index (χ4v) is 9.71. The number of rotatable bonds is 5. The molecule has 31 heavy (non-hydrogen) atoms. The van der Waals surface area contributed by atoms with Crippen molar-refractivity contribution in [2.75, 3.05) is 0 Å². The lowest BCUT2D eigenvalue weighted by atomic mass is 9.40. The quantitative estimate of drug-likeness (QED) is 0.497. The zero-order chi connectivity index (χ0) is 22.8. The second-order valence-electron chi connectivity index (χ2n) is 13.9. The molecule has 0 aromatic carbocycles. The molecule has 4 aliphatic carbocycles. The van der Waals surface area contributed by atoms with Crippen molar-refractivity contribution in [1.29, 1.82) is 0 Å². The van der Waals surface area contributed by atoms with Crippen LogP contribution in [0.3, 0.4) is 0 Å². The standard InChI is InChI=1S/C29H50O2/c1-18(2)9-8-10-19(3)20-11-12-21-26-22(13-15-28(20,21)6)29(7)16-14-25(31)27(4,5)24(29)17-23(26)30/h18-22,24-26,31H,8-17H2,1-7H3/t19-,20-,21+,22+,24+,25+,26+,28-,29-/m1/s1. The van der Waals surface area contributed by atoms with Crippen molar-refractivity contribution in [3.8, 4) is 0 Å². The molecule has 0 amide bonds. The summed E-state index contributed by atoms with van der Waals surface area (Å²) in [6, 6.07) is 0. The van der Waals surface area contributed by atoms with Crippen molar-refractivity contribution in [2.45, 2.75) is 119 Å². The van der Waals surface area contributed by atoms with Crippen LogP contribution in [0.4, 0.5) is 0 Å². The predicted octanol–water partition coefficient (Wildman–Crippen LogP) is 7.28. The Morgan fingerprint density at radius 2 is 1.55 bits per heavy atom. The molecule has 2 heteroatoms. The maximum Gasteiger partial charge on any atom is 0.136 e. The van der Waals surface area contributed by atoms with Gasteiger partial charge in [0.05, 0.1) is 6.10 Å². The summed E-state index contributed by atoms with van der Waals surface area (Å²) >= 11 is 0. The molecule has 0 saturated heterocycles. The highest BCUT2D eigenvalue weighted by Gasteiger charge is 2.65. The Labute approximate surface area is 192 Å². The number of carbonyl (C=O) groups excluding carboxylic acids is 1. The van der Waals surface area contributed by atoms with E-state index in [0.717, 1.165) is 30.6 Å². The summed E-state index contributed by atoms with van der Waals surface area (Å²) < 4.78 is 0. The van der Waals surface area contributed by atoms with Crippen molar-refractivity contribution in [1.82, 2.24) is 0 Å². The van der Waals surface area contributed by atoms with Crippen LogP contribution in [0.15, 0.2) is 0 Å². The maximum atomic E-state index is 13.7. The van der Waals surface area contributed by atoms with Crippen LogP contribution < -0.4 is 0 Å². The highest BCUT2D eigenvalue weighted by molar-refractivity contribution is 5.83. The van der Waals surface area contributed by atoms with E-state index in [-0.39, 0.29) is 16.9 Å². The third-order valence-electron chi connectivity index (χ3n) is 11.6. The summed E-state index contributed by atoms with van der Waals surface area (Å²) in [5, 5.41) is 10.8. The number of hydrogen-bond acceptors (Lipinski definition) is 2. The lowest BCUT2D eigenvalue weighted by molar-refractivity contribution is -0.185. The van der Waals surface area contributed by atoms with E-state index in [4.69, 9.17) is 0 Å². The minimum Gasteiger partial charge on any atom is -0.393 e. The largest absolute Gasteiger partial charge is 0.393 e. The number of carbonyl (C=O) groups is 1. The number of Topliss-reactive ketones (excluding diaryl/α,β-unsaturated/α-hetero) is 1. The van der Waals surface area contributed by atoms with Gasteiger partial charge in [0.25, 0.3) is 0 Å². The second-order valence-corrected chi connectivity index (χ2v) is 13.9. The van der Waals surface area contributed by atoms with Gasteiger partial charge < -0.3 is 5.11 Å². The Hall–Kier alpha value is -0.370. The van der Waals surface area contributed by atoms with Crippen LogP contribution in [0.25, 0.3) is 0 Å². The van der Waals surface area contributed by atoms with Gasteiger partial charge in [-0.3, -0.25) is 4.79 Å². The van der Waals surface area contributed by atoms with Gasteiger partial charge in [-0.15, -0.1) is 0 Å². The Morgan fingerprint density at radius 1 is 0.903 bits per heavy atom. The predicted molar refractivity (Wildman–Crippen MR) is 129 cm³/mol. The summed E-state index contributed by atoms with van der Waals surface area (Å²) in [4.78, 5) is 13.7. The average molecular weight is 431 g/mol. The van der Waals surface area contributed by atoms with Crippen LogP contribution in [-0.4, -0.2) is 17.0 Å². The van der Waals surface area contributed by atoms with Crippen molar-refractivity contribution < 1.29 is 9.90 Å². The molecule has 0 heterocycles. The van der Waals surface area contributed by atoms with E-state index >= 15 is 0 Å². The van der Waals surface area contributed by atoms with E-state index in [9.17, 15) is 9.90 Å². The van der Waals surface area contributed by atoms with Gasteiger partial charge in [0.2, 0.25) is 0 Å². The Balaban J connectivity index is 1.55. The molecule has 4 aliphatic rings. The Kier molecular flexibility index (Phi) is 6.24. The molecule has 0 aromatic rings. The highest BCUT2D eigenvalue weighted by atomic mass is 16.3. The molecule has 0 unspecified atom stereocenters. The van der Waals surface area contributed by atoms with Crippen LogP contribution >= 0.6 is 0 Å². The zero-order valence-corrected chi connectivity index (χ0v) is 21.5. The van der Waals surface area contributed by atoms with Crippen molar-refractivity contribution in [2.24, 2.45) is 57.7 Å². The van der Waals surface area contributed by atoms with E-state index < -0.39 is 0 Å². The van der Waals surface area contributed by atoms with Crippen LogP contribution in [0.1, 0.15) is 113 Å². The fraction of sp³-hybridized carbons (Fsp3) is 0.966. The van der Waals surface area contributed by atoms with Crippen LogP contribution in [-0.2, 0) is 4.79 Å². The molecule has 2 nitrogen and oxygen atoms in total. The van der Waals surface area contributed by atoms with Crippen molar-refractivity contribution in [3.63, 3.8) is 0 Å². The number of ketones is 1. The molecule has 0 bridgehead atoms. The first kappa shape index (κ1) is 23.8. The number of aliphatic hydroxyl groups is 1. The normalized spacial score (nSPS) is 47.6. The first-order chi connectivity index (χ1) is 14.4. The first-order valence-corrected chi connectivity index (χ1v) is 13.6. The van der Waals surface area contributed by atoms with Crippen molar-refractivity contribution in [3.05, 3.63) is 0 Å². The molecule has 178 valence electrons. The van der Waals surface area contributed by atoms with E-state index in [0.29, 0.717) is 41.3 Å². The molecular weight excluding hydrogens is 380 g/mol. The topological polar surface area (TPSA) is 37.3 Å². The molecule has 0 aliphatic heterocycles. The summed E-state index contributed by atoms with van der Waals surface area (Å²) in [6.45, 7) is 16.7. The number of aliphatic hydroxyl groups excluding tert-OH is 1. The molecule has 1 N–H and O–H groups in total. The molecule has 4 fully saturated rings. The third kappa shape index (κ3) is 3.66. The average Bonchev–Trinajstić information content (AvgIpc) is 3.04. The summed E-state index contributed by atoms with van der Waals surface area (Å²) in [6.07, 6.45) is 11.7. The van der Waals surface area contributed by atoms with Gasteiger partial charge in [0.15, 0.2) is 0 Å². The van der Waals surface area contributed by atoms with E-state index in [1.807, 2.05) is 0 Å². The second kappa shape index (κ2) is 8.14. The Bertz CT molecular complexity index is 680. The Morgan fingerprint density at radius 3 is 2.23 bits per heavy atom. The fourth-order valence-electron chi connectivity index (χ4n) is 9.71.